The highest BCUT2D eigenvalue weighted by molar-refractivity contribution is 5.78. The summed E-state index contributed by atoms with van der Waals surface area (Å²) >= 11 is 0. The van der Waals surface area contributed by atoms with Crippen LogP contribution in [0.25, 0.3) is 0 Å². The number of hydrogen-bond donors (Lipinski definition) is 1. The van der Waals surface area contributed by atoms with Crippen molar-refractivity contribution in [2.24, 2.45) is 0 Å². The summed E-state index contributed by atoms with van der Waals surface area (Å²) in [6, 6.07) is 7.56. The maximum atomic E-state index is 12.6. The van der Waals surface area contributed by atoms with E-state index in [1.54, 1.807) is 0 Å². The van der Waals surface area contributed by atoms with Crippen LogP contribution >= 0.6 is 0 Å². The van der Waals surface area contributed by atoms with E-state index in [9.17, 15) is 4.79 Å². The van der Waals surface area contributed by atoms with Crippen LogP contribution < -0.4 is 5.32 Å². The minimum Gasteiger partial charge on any atom is -0.348 e. The van der Waals surface area contributed by atoms with Gasteiger partial charge in [-0.3, -0.25) is 14.6 Å². The lowest BCUT2D eigenvalue weighted by molar-refractivity contribution is -0.122. The number of fused-ring (bicyclic) bond motifs is 2. The molecule has 2 fully saturated rings. The van der Waals surface area contributed by atoms with Crippen molar-refractivity contribution in [3.63, 3.8) is 0 Å². The van der Waals surface area contributed by atoms with Gasteiger partial charge in [-0.25, -0.2) is 0 Å². The number of amides is 1. The van der Waals surface area contributed by atoms with Gasteiger partial charge in [-0.15, -0.1) is 0 Å². The van der Waals surface area contributed by atoms with Crippen LogP contribution in [0.15, 0.2) is 18.2 Å². The number of nitrogens with one attached hydrogen (secondary N) is 1. The smallest absolute Gasteiger partial charge is 0.234 e. The van der Waals surface area contributed by atoms with E-state index in [4.69, 9.17) is 0 Å². The molecule has 0 radical (unpaired) electrons. The van der Waals surface area contributed by atoms with Crippen molar-refractivity contribution in [3.8, 4) is 0 Å². The Morgan fingerprint density at radius 2 is 1.92 bits per heavy atom. The van der Waals surface area contributed by atoms with Gasteiger partial charge in [-0.2, -0.15) is 0 Å². The van der Waals surface area contributed by atoms with Crippen LogP contribution in [0.5, 0.6) is 0 Å². The van der Waals surface area contributed by atoms with Gasteiger partial charge < -0.3 is 5.32 Å². The molecule has 0 aromatic heterocycles. The lowest BCUT2D eigenvalue weighted by Gasteiger charge is -2.26. The second-order valence-corrected chi connectivity index (χ2v) is 8.45. The van der Waals surface area contributed by atoms with Gasteiger partial charge in [0.2, 0.25) is 5.91 Å². The van der Waals surface area contributed by atoms with E-state index >= 15 is 0 Å². The average Bonchev–Trinajstić information content (AvgIpc) is 2.99. The summed E-state index contributed by atoms with van der Waals surface area (Å²) < 4.78 is 0. The Balaban J connectivity index is 1.32. The summed E-state index contributed by atoms with van der Waals surface area (Å²) in [6.45, 7) is 7.21. The fourth-order valence-corrected chi connectivity index (χ4v) is 5.02. The second-order valence-electron chi connectivity index (χ2n) is 8.45. The number of carbonyl (C=O) groups excluding carboxylic acids is 1. The molecular weight excluding hydrogens is 322 g/mol. The van der Waals surface area contributed by atoms with Gasteiger partial charge in [-0.1, -0.05) is 18.2 Å². The number of rotatable bonds is 4. The molecule has 4 rings (SSSR count). The second kappa shape index (κ2) is 8.10. The zero-order chi connectivity index (χ0) is 17.9. The van der Waals surface area contributed by atoms with E-state index in [2.05, 4.69) is 40.2 Å². The molecule has 2 saturated heterocycles. The van der Waals surface area contributed by atoms with Crippen molar-refractivity contribution in [3.05, 3.63) is 34.9 Å². The number of hydrogen-bond acceptors (Lipinski definition) is 3. The average molecular weight is 356 g/mol. The monoisotopic (exact) mass is 355 g/mol. The van der Waals surface area contributed by atoms with Gasteiger partial charge in [0.05, 0.1) is 12.6 Å². The lowest BCUT2D eigenvalue weighted by atomic mass is 9.89. The molecule has 0 saturated carbocycles. The molecule has 1 amide bonds. The molecule has 0 bridgehead atoms. The molecular formula is C22H33N3O. The quantitative estimate of drug-likeness (QED) is 0.902. The van der Waals surface area contributed by atoms with E-state index in [-0.39, 0.29) is 11.9 Å². The Hall–Kier alpha value is -1.39. The number of nitrogens with zero attached hydrogens (tertiary/aromatic N) is 2. The Bertz CT molecular complexity index is 644. The van der Waals surface area contributed by atoms with E-state index in [0.29, 0.717) is 12.6 Å². The molecule has 3 aliphatic rings. The van der Waals surface area contributed by atoms with Crippen molar-refractivity contribution in [1.29, 1.82) is 0 Å². The SMILES string of the molecule is C[C@H](NC(=O)CN1CCCN2CCC[C@H]2C1)c1ccc2c(c1)CCCC2. The molecule has 1 aromatic rings. The number of benzene rings is 1. The van der Waals surface area contributed by atoms with Gasteiger partial charge in [0, 0.05) is 12.6 Å². The van der Waals surface area contributed by atoms with Crippen LogP contribution in [0.1, 0.15) is 61.8 Å². The third-order valence-corrected chi connectivity index (χ3v) is 6.50. The van der Waals surface area contributed by atoms with E-state index in [0.717, 1.165) is 13.1 Å². The molecule has 2 atom stereocenters. The van der Waals surface area contributed by atoms with Crippen LogP contribution in [0.4, 0.5) is 0 Å². The van der Waals surface area contributed by atoms with Crippen molar-refractivity contribution >= 4 is 5.91 Å². The van der Waals surface area contributed by atoms with Crippen molar-refractivity contribution in [2.45, 2.75) is 64.0 Å². The van der Waals surface area contributed by atoms with Crippen LogP contribution in [-0.2, 0) is 17.6 Å². The molecule has 0 spiro atoms. The summed E-state index contributed by atoms with van der Waals surface area (Å²) in [5, 5.41) is 3.24. The van der Waals surface area contributed by atoms with Gasteiger partial charge in [0.25, 0.3) is 0 Å². The van der Waals surface area contributed by atoms with Crippen LogP contribution in [0.3, 0.4) is 0 Å². The molecule has 1 aromatic carbocycles. The topological polar surface area (TPSA) is 35.6 Å². The fraction of sp³-hybridized carbons (Fsp3) is 0.682. The molecule has 26 heavy (non-hydrogen) atoms. The van der Waals surface area contributed by atoms with E-state index in [1.165, 1.54) is 74.7 Å². The first-order chi connectivity index (χ1) is 12.7. The van der Waals surface area contributed by atoms with Gasteiger partial charge in [-0.05, 0) is 88.2 Å². The van der Waals surface area contributed by atoms with E-state index in [1.807, 2.05) is 0 Å². The number of aryl methyl sites for hydroxylation is 2. The first-order valence-corrected chi connectivity index (χ1v) is 10.6. The predicted octanol–water partition coefficient (Wildman–Crippen LogP) is 2.91. The third kappa shape index (κ3) is 4.12. The molecule has 1 aliphatic carbocycles. The minimum absolute atomic E-state index is 0.0877. The zero-order valence-electron chi connectivity index (χ0n) is 16.2. The van der Waals surface area contributed by atoms with Gasteiger partial charge >= 0.3 is 0 Å². The fourth-order valence-electron chi connectivity index (χ4n) is 5.02. The van der Waals surface area contributed by atoms with Crippen LogP contribution in [-0.4, -0.2) is 54.5 Å². The molecule has 1 N–H and O–H groups in total. The molecule has 4 nitrogen and oxygen atoms in total. The maximum absolute atomic E-state index is 12.6. The Morgan fingerprint density at radius 1 is 1.12 bits per heavy atom. The molecule has 4 heteroatoms. The summed E-state index contributed by atoms with van der Waals surface area (Å²) in [5.41, 5.74) is 4.24. The summed E-state index contributed by atoms with van der Waals surface area (Å²) in [5.74, 6) is 0.168. The first-order valence-electron chi connectivity index (χ1n) is 10.6. The predicted molar refractivity (Wildman–Crippen MR) is 105 cm³/mol. The first kappa shape index (κ1) is 18.0. The Labute approximate surface area is 157 Å². The summed E-state index contributed by atoms with van der Waals surface area (Å²) in [7, 11) is 0. The highest BCUT2D eigenvalue weighted by Crippen LogP contribution is 2.25. The normalized spacial score (nSPS) is 25.2. The highest BCUT2D eigenvalue weighted by Gasteiger charge is 2.29. The van der Waals surface area contributed by atoms with Gasteiger partial charge in [0.15, 0.2) is 0 Å². The molecule has 2 heterocycles. The number of carbonyl (C=O) groups is 1. The lowest BCUT2D eigenvalue weighted by Crippen LogP contribution is -2.42. The maximum Gasteiger partial charge on any atom is 0.234 e. The van der Waals surface area contributed by atoms with Crippen molar-refractivity contribution in [2.75, 3.05) is 32.7 Å². The summed E-state index contributed by atoms with van der Waals surface area (Å²) in [4.78, 5) is 17.6. The molecule has 142 valence electrons. The van der Waals surface area contributed by atoms with Crippen molar-refractivity contribution in [1.82, 2.24) is 15.1 Å². The van der Waals surface area contributed by atoms with Crippen molar-refractivity contribution < 1.29 is 4.79 Å². The van der Waals surface area contributed by atoms with Gasteiger partial charge in [0.1, 0.15) is 0 Å². The Morgan fingerprint density at radius 3 is 2.81 bits per heavy atom. The summed E-state index contributed by atoms with van der Waals surface area (Å²) in [6.07, 6.45) is 8.81. The third-order valence-electron chi connectivity index (χ3n) is 6.50. The molecule has 2 aliphatic heterocycles. The Kier molecular flexibility index (Phi) is 5.60. The highest BCUT2D eigenvalue weighted by atomic mass is 16.2. The zero-order valence-corrected chi connectivity index (χ0v) is 16.2. The van der Waals surface area contributed by atoms with Crippen LogP contribution in [0.2, 0.25) is 0 Å². The molecule has 0 unspecified atom stereocenters. The van der Waals surface area contributed by atoms with E-state index < -0.39 is 0 Å². The minimum atomic E-state index is 0.0877. The largest absolute Gasteiger partial charge is 0.348 e. The van der Waals surface area contributed by atoms with Crippen LogP contribution in [0, 0.1) is 0 Å². The standard InChI is InChI=1S/C22H33N3O/c1-17(19-10-9-18-6-2-3-7-20(18)14-19)23-22(26)16-24-11-5-13-25-12-4-8-21(25)15-24/h9-10,14,17,21H,2-8,11-13,15-16H2,1H3,(H,23,26)/t17-,21-/m0/s1.